The molecule has 1 fully saturated rings. The van der Waals surface area contributed by atoms with Crippen molar-refractivity contribution in [1.29, 1.82) is 0 Å². The van der Waals surface area contributed by atoms with Gasteiger partial charge in [-0.15, -0.1) is 0 Å². The molecule has 2 N–H and O–H groups in total. The van der Waals surface area contributed by atoms with Crippen molar-refractivity contribution in [3.05, 3.63) is 29.6 Å². The molecule has 3 rings (SSSR count). The fourth-order valence-corrected chi connectivity index (χ4v) is 3.52. The number of benzene rings is 1. The molecule has 0 amide bonds. The maximum Gasteiger partial charge on any atom is 0.307 e. The molecule has 21 heavy (non-hydrogen) atoms. The lowest BCUT2D eigenvalue weighted by Gasteiger charge is -2.12. The van der Waals surface area contributed by atoms with Gasteiger partial charge in [-0.1, -0.05) is 26.3 Å². The number of aromatic nitrogens is 2. The SMILES string of the molecule is CCc1ccc2nc(C3CC(CC)CC3C(=O)O)[nH]c2c1. The van der Waals surface area contributed by atoms with Crippen LogP contribution in [0.1, 0.15) is 50.4 Å². The number of nitrogens with one attached hydrogen (secondary N) is 1. The second-order valence-corrected chi connectivity index (χ2v) is 6.12. The van der Waals surface area contributed by atoms with Crippen LogP contribution in [-0.4, -0.2) is 21.0 Å². The van der Waals surface area contributed by atoms with Crippen LogP contribution >= 0.6 is 0 Å². The minimum absolute atomic E-state index is 0.0185. The van der Waals surface area contributed by atoms with E-state index >= 15 is 0 Å². The van der Waals surface area contributed by atoms with Crippen LogP contribution in [0, 0.1) is 11.8 Å². The molecule has 0 spiro atoms. The predicted octanol–water partition coefficient (Wildman–Crippen LogP) is 3.73. The van der Waals surface area contributed by atoms with E-state index in [0.717, 1.165) is 42.5 Å². The highest BCUT2D eigenvalue weighted by Gasteiger charge is 2.40. The number of fused-ring (bicyclic) bond motifs is 1. The highest BCUT2D eigenvalue weighted by molar-refractivity contribution is 5.77. The second kappa shape index (κ2) is 5.51. The molecular formula is C17H22N2O2. The van der Waals surface area contributed by atoms with Crippen LogP contribution in [0.5, 0.6) is 0 Å². The molecule has 1 aliphatic rings. The Morgan fingerprint density at radius 3 is 2.86 bits per heavy atom. The van der Waals surface area contributed by atoms with Crippen molar-refractivity contribution in [2.45, 2.75) is 45.4 Å². The monoisotopic (exact) mass is 286 g/mol. The summed E-state index contributed by atoms with van der Waals surface area (Å²) in [7, 11) is 0. The van der Waals surface area contributed by atoms with Crippen LogP contribution in [0.15, 0.2) is 18.2 Å². The number of imidazole rings is 1. The normalized spacial score (nSPS) is 25.5. The number of carboxylic acids is 1. The van der Waals surface area contributed by atoms with Crippen LogP contribution in [0.25, 0.3) is 11.0 Å². The van der Waals surface area contributed by atoms with Gasteiger partial charge in [0.05, 0.1) is 17.0 Å². The topological polar surface area (TPSA) is 66.0 Å². The van der Waals surface area contributed by atoms with Crippen molar-refractivity contribution in [2.75, 3.05) is 0 Å². The fraction of sp³-hybridized carbons (Fsp3) is 0.529. The molecule has 1 aromatic carbocycles. The third-order valence-corrected chi connectivity index (χ3v) is 4.88. The Labute approximate surface area is 124 Å². The van der Waals surface area contributed by atoms with Gasteiger partial charge in [-0.25, -0.2) is 4.98 Å². The third kappa shape index (κ3) is 2.55. The molecule has 0 aliphatic heterocycles. The van der Waals surface area contributed by atoms with E-state index in [-0.39, 0.29) is 11.8 Å². The van der Waals surface area contributed by atoms with E-state index in [9.17, 15) is 9.90 Å². The number of H-pyrrole nitrogens is 1. The molecule has 1 saturated carbocycles. The first-order valence-electron chi connectivity index (χ1n) is 7.83. The summed E-state index contributed by atoms with van der Waals surface area (Å²) in [5.74, 6) is 0.369. The predicted molar refractivity (Wildman–Crippen MR) is 82.4 cm³/mol. The molecule has 4 heteroatoms. The molecule has 0 radical (unpaired) electrons. The summed E-state index contributed by atoms with van der Waals surface area (Å²) in [6, 6.07) is 6.23. The summed E-state index contributed by atoms with van der Waals surface area (Å²) < 4.78 is 0. The number of hydrogen-bond acceptors (Lipinski definition) is 2. The first-order valence-corrected chi connectivity index (χ1v) is 7.83. The van der Waals surface area contributed by atoms with E-state index in [4.69, 9.17) is 0 Å². The van der Waals surface area contributed by atoms with Gasteiger partial charge in [0.1, 0.15) is 5.82 Å². The standard InChI is InChI=1S/C17H22N2O2/c1-3-10-5-6-14-15(9-10)19-16(18-14)12-7-11(4-2)8-13(12)17(20)21/h5-6,9,11-13H,3-4,7-8H2,1-2H3,(H,18,19)(H,20,21). The summed E-state index contributed by atoms with van der Waals surface area (Å²) in [5.41, 5.74) is 3.23. The van der Waals surface area contributed by atoms with Gasteiger partial charge in [-0.2, -0.15) is 0 Å². The average Bonchev–Trinajstić information content (AvgIpc) is 3.09. The van der Waals surface area contributed by atoms with Gasteiger partial charge in [-0.05, 0) is 42.9 Å². The number of carbonyl (C=O) groups is 1. The molecule has 1 aliphatic carbocycles. The van der Waals surface area contributed by atoms with E-state index in [2.05, 4.69) is 35.9 Å². The Hall–Kier alpha value is -1.84. The van der Waals surface area contributed by atoms with Crippen LogP contribution in [0.3, 0.4) is 0 Å². The largest absolute Gasteiger partial charge is 0.481 e. The number of rotatable bonds is 4. The lowest BCUT2D eigenvalue weighted by Crippen LogP contribution is -2.17. The summed E-state index contributed by atoms with van der Waals surface area (Å²) >= 11 is 0. The third-order valence-electron chi connectivity index (χ3n) is 4.88. The number of hydrogen-bond donors (Lipinski definition) is 2. The molecule has 1 aromatic heterocycles. The smallest absolute Gasteiger partial charge is 0.307 e. The highest BCUT2D eigenvalue weighted by Crippen LogP contribution is 2.43. The molecule has 0 saturated heterocycles. The van der Waals surface area contributed by atoms with E-state index in [1.807, 2.05) is 6.07 Å². The zero-order chi connectivity index (χ0) is 15.0. The Morgan fingerprint density at radius 1 is 1.38 bits per heavy atom. The van der Waals surface area contributed by atoms with Crippen molar-refractivity contribution in [3.8, 4) is 0 Å². The Balaban J connectivity index is 1.96. The summed E-state index contributed by atoms with van der Waals surface area (Å²) in [5, 5.41) is 9.47. The van der Waals surface area contributed by atoms with Crippen LogP contribution in [0.4, 0.5) is 0 Å². The number of nitrogens with zero attached hydrogens (tertiary/aromatic N) is 1. The first-order chi connectivity index (χ1) is 10.1. The van der Waals surface area contributed by atoms with Gasteiger partial charge in [-0.3, -0.25) is 4.79 Å². The van der Waals surface area contributed by atoms with Crippen LogP contribution in [-0.2, 0) is 11.2 Å². The highest BCUT2D eigenvalue weighted by atomic mass is 16.4. The number of aliphatic carboxylic acids is 1. The molecule has 3 unspecified atom stereocenters. The van der Waals surface area contributed by atoms with E-state index < -0.39 is 5.97 Å². The van der Waals surface area contributed by atoms with Crippen molar-refractivity contribution in [3.63, 3.8) is 0 Å². The maximum absolute atomic E-state index is 11.5. The van der Waals surface area contributed by atoms with Crippen molar-refractivity contribution < 1.29 is 9.90 Å². The lowest BCUT2D eigenvalue weighted by molar-refractivity contribution is -0.142. The zero-order valence-electron chi connectivity index (χ0n) is 12.6. The Kier molecular flexibility index (Phi) is 3.70. The maximum atomic E-state index is 11.5. The lowest BCUT2D eigenvalue weighted by atomic mass is 9.96. The summed E-state index contributed by atoms with van der Waals surface area (Å²) in [6.45, 7) is 4.26. The van der Waals surface area contributed by atoms with Crippen LogP contribution in [0.2, 0.25) is 0 Å². The molecular weight excluding hydrogens is 264 g/mol. The van der Waals surface area contributed by atoms with Gasteiger partial charge >= 0.3 is 5.97 Å². The van der Waals surface area contributed by atoms with Crippen molar-refractivity contribution in [2.24, 2.45) is 11.8 Å². The van der Waals surface area contributed by atoms with Gasteiger partial charge in [0.25, 0.3) is 0 Å². The fourth-order valence-electron chi connectivity index (χ4n) is 3.52. The Morgan fingerprint density at radius 2 is 2.19 bits per heavy atom. The minimum Gasteiger partial charge on any atom is -0.481 e. The second-order valence-electron chi connectivity index (χ2n) is 6.12. The average molecular weight is 286 g/mol. The molecule has 112 valence electrons. The van der Waals surface area contributed by atoms with E-state index in [1.54, 1.807) is 0 Å². The Bertz CT molecular complexity index is 662. The minimum atomic E-state index is -0.689. The van der Waals surface area contributed by atoms with Gasteiger partial charge in [0.2, 0.25) is 0 Å². The number of aryl methyl sites for hydroxylation is 1. The molecule has 2 aromatic rings. The van der Waals surface area contributed by atoms with Crippen LogP contribution < -0.4 is 0 Å². The van der Waals surface area contributed by atoms with E-state index in [1.165, 1.54) is 5.56 Å². The molecule has 4 nitrogen and oxygen atoms in total. The van der Waals surface area contributed by atoms with Crippen molar-refractivity contribution in [1.82, 2.24) is 9.97 Å². The zero-order valence-corrected chi connectivity index (χ0v) is 12.6. The molecule has 1 heterocycles. The summed E-state index contributed by atoms with van der Waals surface area (Å²) in [6.07, 6.45) is 3.73. The van der Waals surface area contributed by atoms with Crippen molar-refractivity contribution >= 4 is 17.0 Å². The number of aromatic amines is 1. The molecule has 0 bridgehead atoms. The van der Waals surface area contributed by atoms with Gasteiger partial charge in [0.15, 0.2) is 0 Å². The quantitative estimate of drug-likeness (QED) is 0.900. The van der Waals surface area contributed by atoms with Gasteiger partial charge in [0, 0.05) is 5.92 Å². The summed E-state index contributed by atoms with van der Waals surface area (Å²) in [4.78, 5) is 19.5. The van der Waals surface area contributed by atoms with E-state index in [0.29, 0.717) is 5.92 Å². The molecule has 3 atom stereocenters. The first kappa shape index (κ1) is 14.1. The number of carboxylic acid groups (broad SMARTS) is 1. The van der Waals surface area contributed by atoms with Gasteiger partial charge < -0.3 is 10.1 Å².